The smallest absolute Gasteiger partial charge is 0.194 e. The minimum atomic E-state index is -3.06. The third-order valence-electron chi connectivity index (χ3n) is 4.82. The molecule has 0 bridgehead atoms. The molecule has 2 rings (SSSR count). The summed E-state index contributed by atoms with van der Waals surface area (Å²) in [4.78, 5) is 8.01. The molecule has 1 aromatic rings. The highest BCUT2D eigenvalue weighted by molar-refractivity contribution is 7.99. The highest BCUT2D eigenvalue weighted by atomic mass is 32.2. The molecule has 158 valence electrons. The Morgan fingerprint density at radius 3 is 2.75 bits per heavy atom. The second kappa shape index (κ2) is 9.87. The first-order chi connectivity index (χ1) is 13.2. The standard InChI is InChI=1S/C20H33N3O3S2/c1-6-21-19(23-11-12-28(24,25)20(3,4)15-23)22-13-16(2)14-27-18-10-8-7-9-17(18)26-5/h7-10,16H,6,11-15H2,1-5H3,(H,21,22). The van der Waals surface area contributed by atoms with Gasteiger partial charge in [-0.15, -0.1) is 11.8 Å². The molecule has 1 aliphatic rings. The van der Waals surface area contributed by atoms with Crippen LogP contribution in [0.3, 0.4) is 0 Å². The molecular formula is C20H33N3O3S2. The molecule has 0 aromatic heterocycles. The van der Waals surface area contributed by atoms with Gasteiger partial charge >= 0.3 is 0 Å². The number of thioether (sulfide) groups is 1. The van der Waals surface area contributed by atoms with Gasteiger partial charge in [-0.1, -0.05) is 19.1 Å². The summed E-state index contributed by atoms with van der Waals surface area (Å²) in [5.74, 6) is 3.19. The predicted octanol–water partition coefficient (Wildman–Crippen LogP) is 2.90. The molecule has 1 atom stereocenters. The molecule has 1 N–H and O–H groups in total. The number of guanidine groups is 1. The van der Waals surface area contributed by atoms with E-state index in [2.05, 4.69) is 23.2 Å². The van der Waals surface area contributed by atoms with Crippen LogP contribution >= 0.6 is 11.8 Å². The van der Waals surface area contributed by atoms with Crippen LogP contribution in [0.15, 0.2) is 34.2 Å². The maximum Gasteiger partial charge on any atom is 0.194 e. The zero-order valence-electron chi connectivity index (χ0n) is 17.6. The molecule has 1 aliphatic heterocycles. The average molecular weight is 428 g/mol. The number of hydrogen-bond acceptors (Lipinski definition) is 5. The van der Waals surface area contributed by atoms with Gasteiger partial charge in [0.05, 0.1) is 17.6 Å². The van der Waals surface area contributed by atoms with Crippen LogP contribution in [0.2, 0.25) is 0 Å². The van der Waals surface area contributed by atoms with Gasteiger partial charge in [-0.25, -0.2) is 8.42 Å². The first kappa shape index (κ1) is 22.9. The van der Waals surface area contributed by atoms with Crippen LogP contribution in [0.4, 0.5) is 0 Å². The fourth-order valence-corrected chi connectivity index (χ4v) is 5.42. The van der Waals surface area contributed by atoms with Crippen molar-refractivity contribution in [1.29, 1.82) is 0 Å². The summed E-state index contributed by atoms with van der Waals surface area (Å²) in [5.41, 5.74) is 0. The minimum Gasteiger partial charge on any atom is -0.496 e. The number of hydrogen-bond donors (Lipinski definition) is 1. The lowest BCUT2D eigenvalue weighted by atomic mass is 10.2. The summed E-state index contributed by atoms with van der Waals surface area (Å²) in [7, 11) is -1.37. The van der Waals surface area contributed by atoms with Crippen molar-refractivity contribution in [1.82, 2.24) is 10.2 Å². The molecule has 1 aromatic carbocycles. The molecule has 0 saturated carbocycles. The molecular weight excluding hydrogens is 394 g/mol. The van der Waals surface area contributed by atoms with Crippen LogP contribution in [0.5, 0.6) is 5.75 Å². The summed E-state index contributed by atoms with van der Waals surface area (Å²) in [6.07, 6.45) is 0. The fourth-order valence-electron chi connectivity index (χ4n) is 3.02. The van der Waals surface area contributed by atoms with E-state index in [-0.39, 0.29) is 5.75 Å². The third-order valence-corrected chi connectivity index (χ3v) is 8.74. The third kappa shape index (κ3) is 5.80. The van der Waals surface area contributed by atoms with E-state index in [0.29, 0.717) is 25.6 Å². The molecule has 28 heavy (non-hydrogen) atoms. The maximum atomic E-state index is 12.3. The van der Waals surface area contributed by atoms with Gasteiger partial charge in [0.15, 0.2) is 15.8 Å². The number of ether oxygens (including phenoxy) is 1. The predicted molar refractivity (Wildman–Crippen MR) is 118 cm³/mol. The van der Waals surface area contributed by atoms with Crippen molar-refractivity contribution in [3.8, 4) is 5.75 Å². The Bertz CT molecular complexity index is 779. The molecule has 0 radical (unpaired) electrons. The average Bonchev–Trinajstić information content (AvgIpc) is 2.66. The van der Waals surface area contributed by atoms with Gasteiger partial charge in [-0.05, 0) is 38.8 Å². The van der Waals surface area contributed by atoms with E-state index in [1.54, 1.807) is 32.7 Å². The zero-order valence-corrected chi connectivity index (χ0v) is 19.2. The number of aliphatic imine (C=N–C) groups is 1. The lowest BCUT2D eigenvalue weighted by molar-refractivity contribution is 0.352. The van der Waals surface area contributed by atoms with Crippen LogP contribution in [0.1, 0.15) is 27.7 Å². The lowest BCUT2D eigenvalue weighted by Crippen LogP contribution is -2.57. The quantitative estimate of drug-likeness (QED) is 0.410. The van der Waals surface area contributed by atoms with Crippen molar-refractivity contribution in [3.63, 3.8) is 0 Å². The Hall–Kier alpha value is -1.41. The summed E-state index contributed by atoms with van der Waals surface area (Å²) >= 11 is 1.77. The highest BCUT2D eigenvalue weighted by Gasteiger charge is 2.40. The Kier molecular flexibility index (Phi) is 8.07. The van der Waals surface area contributed by atoms with Crippen LogP contribution in [0, 0.1) is 5.92 Å². The van der Waals surface area contributed by atoms with Crippen LogP contribution in [0.25, 0.3) is 0 Å². The van der Waals surface area contributed by atoms with E-state index in [0.717, 1.165) is 28.9 Å². The van der Waals surface area contributed by atoms with Crippen molar-refractivity contribution in [2.45, 2.75) is 37.3 Å². The van der Waals surface area contributed by atoms with Gasteiger partial charge in [-0.3, -0.25) is 4.99 Å². The summed E-state index contributed by atoms with van der Waals surface area (Å²) in [6, 6.07) is 8.03. The normalized spacial score (nSPS) is 19.9. The molecule has 0 amide bonds. The second-order valence-corrected chi connectivity index (χ2v) is 11.6. The van der Waals surface area contributed by atoms with Crippen molar-refractivity contribution in [3.05, 3.63) is 24.3 Å². The summed E-state index contributed by atoms with van der Waals surface area (Å²) in [5, 5.41) is 3.32. The summed E-state index contributed by atoms with van der Waals surface area (Å²) < 4.78 is 29.2. The van der Waals surface area contributed by atoms with Gasteiger partial charge < -0.3 is 15.0 Å². The van der Waals surface area contributed by atoms with E-state index in [9.17, 15) is 8.42 Å². The molecule has 8 heteroatoms. The van der Waals surface area contributed by atoms with E-state index in [1.165, 1.54) is 0 Å². The van der Waals surface area contributed by atoms with E-state index in [4.69, 9.17) is 9.73 Å². The molecule has 1 heterocycles. The van der Waals surface area contributed by atoms with Gasteiger partial charge in [-0.2, -0.15) is 0 Å². The number of nitrogens with one attached hydrogen (secondary N) is 1. The van der Waals surface area contributed by atoms with Crippen LogP contribution in [-0.2, 0) is 9.84 Å². The van der Waals surface area contributed by atoms with Crippen molar-refractivity contribution < 1.29 is 13.2 Å². The maximum absolute atomic E-state index is 12.3. The molecule has 6 nitrogen and oxygen atoms in total. The Morgan fingerprint density at radius 2 is 2.11 bits per heavy atom. The number of sulfone groups is 1. The van der Waals surface area contributed by atoms with E-state index >= 15 is 0 Å². The Morgan fingerprint density at radius 1 is 1.39 bits per heavy atom. The molecule has 0 spiro atoms. The molecule has 0 aliphatic carbocycles. The Labute approximate surface area is 174 Å². The van der Waals surface area contributed by atoms with E-state index < -0.39 is 14.6 Å². The zero-order chi connectivity index (χ0) is 20.8. The lowest BCUT2D eigenvalue weighted by Gasteiger charge is -2.39. The molecule has 1 fully saturated rings. The molecule has 1 saturated heterocycles. The fraction of sp³-hybridized carbons (Fsp3) is 0.650. The SMILES string of the molecule is CCNC(=NCC(C)CSc1ccccc1OC)N1CCS(=O)(=O)C(C)(C)C1. The number of nitrogens with zero attached hydrogens (tertiary/aromatic N) is 2. The number of methoxy groups -OCH3 is 1. The first-order valence-corrected chi connectivity index (χ1v) is 12.4. The van der Waals surface area contributed by atoms with Gasteiger partial charge in [0.25, 0.3) is 0 Å². The minimum absolute atomic E-state index is 0.170. The second-order valence-electron chi connectivity index (χ2n) is 7.76. The monoisotopic (exact) mass is 427 g/mol. The topological polar surface area (TPSA) is 71.0 Å². The number of rotatable bonds is 7. The van der Waals surface area contributed by atoms with Crippen molar-refractivity contribution in [2.24, 2.45) is 10.9 Å². The first-order valence-electron chi connectivity index (χ1n) is 9.71. The molecule has 1 unspecified atom stereocenters. The van der Waals surface area contributed by atoms with Gasteiger partial charge in [0, 0.05) is 36.8 Å². The van der Waals surface area contributed by atoms with Crippen LogP contribution in [-0.4, -0.2) is 68.8 Å². The van der Waals surface area contributed by atoms with Crippen molar-refractivity contribution >= 4 is 27.6 Å². The van der Waals surface area contributed by atoms with Crippen molar-refractivity contribution in [2.75, 3.05) is 44.8 Å². The summed E-state index contributed by atoms with van der Waals surface area (Å²) in [6.45, 7) is 10.2. The van der Waals surface area contributed by atoms with Crippen LogP contribution < -0.4 is 10.1 Å². The van der Waals surface area contributed by atoms with Gasteiger partial charge in [0.1, 0.15) is 5.75 Å². The largest absolute Gasteiger partial charge is 0.496 e. The Balaban J connectivity index is 1.98. The van der Waals surface area contributed by atoms with Gasteiger partial charge in [0.2, 0.25) is 0 Å². The highest BCUT2D eigenvalue weighted by Crippen LogP contribution is 2.30. The van der Waals surface area contributed by atoms with E-state index in [1.807, 2.05) is 25.1 Å². The number of para-hydroxylation sites is 1. The number of benzene rings is 1.